The topological polar surface area (TPSA) is 444 Å². The fraction of sp³-hybridized carbons (Fsp3) is 0.194. The first-order valence-corrected chi connectivity index (χ1v) is 30.1. The molecule has 31 heteroatoms. The third-order valence-corrected chi connectivity index (χ3v) is 14.8. The smallest absolute Gasteiger partial charge is 0.399 e. The minimum atomic E-state index is -1.50. The summed E-state index contributed by atoms with van der Waals surface area (Å²) in [6.07, 6.45) is 13.6. The zero-order chi connectivity index (χ0) is 72.6. The molecule has 516 valence electrons. The number of hydrogen-bond donors (Lipinski definition) is 5. The van der Waals surface area contributed by atoms with Gasteiger partial charge in [-0.25, -0.2) is 0 Å². The summed E-state index contributed by atoms with van der Waals surface area (Å²) in [5.41, 5.74) is 31.2. The lowest BCUT2D eigenvalue weighted by atomic mass is 9.80. The van der Waals surface area contributed by atoms with Gasteiger partial charge in [0.15, 0.2) is 0 Å². The van der Waals surface area contributed by atoms with Gasteiger partial charge in [-0.2, -0.15) is 0 Å². The summed E-state index contributed by atoms with van der Waals surface area (Å²) in [5.74, 6) is -1.33. The van der Waals surface area contributed by atoms with Crippen LogP contribution in [0, 0.1) is 40.5 Å². The average molecular weight is 1480 g/mol. The molecule has 0 bridgehead atoms. The average Bonchev–Trinajstić information content (AvgIpc) is 1.66. The number of benzene rings is 5. The molecule has 28 nitrogen and oxygen atoms in total. The molecule has 9 aromatic rings. The van der Waals surface area contributed by atoms with Crippen LogP contribution in [-0.4, -0.2) is 86.8 Å². The van der Waals surface area contributed by atoms with E-state index in [0.29, 0.717) is 38.1 Å². The summed E-state index contributed by atoms with van der Waals surface area (Å²) in [6, 6.07) is 42.2. The number of nitro groups is 3. The molecule has 0 radical (unpaired) electrons. The summed E-state index contributed by atoms with van der Waals surface area (Å²) in [5, 5.41) is 46.1. The maximum absolute atomic E-state index is 11.3. The second-order valence-electron chi connectivity index (χ2n) is 21.0. The molecule has 5 aromatic carbocycles. The number of para-hydroxylation sites is 3. The molecule has 4 aromatic heterocycles. The van der Waals surface area contributed by atoms with Gasteiger partial charge in [0.1, 0.15) is 17.3 Å². The van der Waals surface area contributed by atoms with E-state index in [1.54, 1.807) is 116 Å². The molecule has 0 saturated carbocycles. The minimum absolute atomic E-state index is 0. The molecule has 1 aliphatic rings. The summed E-state index contributed by atoms with van der Waals surface area (Å²) in [6.45, 7) is 13.4. The lowest BCUT2D eigenvalue weighted by Crippen LogP contribution is -2.41. The van der Waals surface area contributed by atoms with E-state index in [9.17, 15) is 49.5 Å². The van der Waals surface area contributed by atoms with E-state index in [-0.39, 0.29) is 74.3 Å². The van der Waals surface area contributed by atoms with Crippen molar-refractivity contribution in [3.05, 3.63) is 256 Å². The van der Waals surface area contributed by atoms with Crippen molar-refractivity contribution in [2.45, 2.75) is 86.9 Å². The van der Waals surface area contributed by atoms with E-state index in [2.05, 4.69) is 56.5 Å². The first-order chi connectivity index (χ1) is 45.7. The Morgan fingerprint density at radius 2 is 0.806 bits per heavy atom. The Kier molecular flexibility index (Phi) is 34.5. The highest BCUT2D eigenvalue weighted by molar-refractivity contribution is 9.11. The standard InChI is InChI=1S/C14H12N2O3.C11H16BNO2.C11H9N3O2.C11H11N3.C9H8BrNO3.C6H6BrN.C4H6O3.CH4.HNO3.H2/c1-10(17)9-13-12(11-5-7-15-8-6-11)3-2-4-14(13)16(18)19;1-10(2)11(3,4)15-12(14-10)9-5-7-13-8-6-9;12-11-9(8-4-6-13-7-5-8)2-1-3-10(11)14(15)16;12-10-3-1-2-9(11(10)13)8-4-6-14-7-5-8;1-6(12)5-7-8(10)3-2-4-9(7)11(13)14;7-5-3-1-2-4-6(5)8;1-3(5)7-4(2)6;;2-1(3)4;/h2-8H,9H2,1H3;5-8H,1-4H3;1-7H,12H2;1-7H,12-13H2;2-4H,5H2,1H3;1-4H,8H2;1-2H3;1H4;(H,2,3,4);1H. The van der Waals surface area contributed by atoms with Gasteiger partial charge in [0.25, 0.3) is 22.1 Å². The van der Waals surface area contributed by atoms with Crippen molar-refractivity contribution < 1.29 is 59.7 Å². The van der Waals surface area contributed by atoms with Crippen LogP contribution >= 0.6 is 31.9 Å². The molecule has 0 atom stereocenters. The first kappa shape index (κ1) is 82.8. The third kappa shape index (κ3) is 27.6. The van der Waals surface area contributed by atoms with Crippen molar-refractivity contribution in [2.24, 2.45) is 0 Å². The van der Waals surface area contributed by atoms with Crippen LogP contribution in [0.1, 0.15) is 75.4 Å². The van der Waals surface area contributed by atoms with Crippen LogP contribution in [0.4, 0.5) is 39.8 Å². The van der Waals surface area contributed by atoms with Gasteiger partial charge in [-0.05, 0) is 158 Å². The van der Waals surface area contributed by atoms with Crippen molar-refractivity contribution >= 4 is 108 Å². The van der Waals surface area contributed by atoms with Crippen molar-refractivity contribution in [3.8, 4) is 33.4 Å². The molecule has 0 amide bonds. The summed E-state index contributed by atoms with van der Waals surface area (Å²) in [4.78, 5) is 96.9. The van der Waals surface area contributed by atoms with Crippen LogP contribution < -0.4 is 28.4 Å². The van der Waals surface area contributed by atoms with Crippen molar-refractivity contribution in [1.82, 2.24) is 19.9 Å². The summed E-state index contributed by atoms with van der Waals surface area (Å²) < 4.78 is 17.3. The van der Waals surface area contributed by atoms with Crippen LogP contribution in [-0.2, 0) is 46.1 Å². The van der Waals surface area contributed by atoms with Gasteiger partial charge < -0.3 is 42.2 Å². The number of aromatic nitrogens is 4. The van der Waals surface area contributed by atoms with Crippen LogP contribution in [0.2, 0.25) is 0 Å². The molecule has 1 saturated heterocycles. The quantitative estimate of drug-likeness (QED) is 0.0200. The Balaban J connectivity index is 0.000000580. The Hall–Kier alpha value is -11.3. The predicted molar refractivity (Wildman–Crippen MR) is 384 cm³/mol. The Bertz CT molecular complexity index is 4090. The monoisotopic (exact) mass is 1470 g/mol. The van der Waals surface area contributed by atoms with E-state index in [4.69, 9.17) is 47.6 Å². The van der Waals surface area contributed by atoms with Crippen molar-refractivity contribution in [3.63, 3.8) is 0 Å². The number of Topliss-reactive ketones (excluding diaryl/α,β-unsaturated/α-hetero) is 2. The fourth-order valence-corrected chi connectivity index (χ4v) is 8.94. The van der Waals surface area contributed by atoms with Gasteiger partial charge in [0, 0.05) is 127 Å². The van der Waals surface area contributed by atoms with Gasteiger partial charge in [-0.3, -0.25) is 69.5 Å². The highest BCUT2D eigenvalue weighted by Gasteiger charge is 2.51. The fourth-order valence-electron chi connectivity index (χ4n) is 8.16. The maximum Gasteiger partial charge on any atom is 0.494 e. The SMILES string of the molecule is C.CC(=O)Cc1c(-c2ccncc2)cccc1[N+](=O)[O-].CC(=O)Cc1c(Br)cccc1[N+](=O)[O-].CC(=O)OC(C)=O.CC1(C)OB(c2ccncc2)OC1(C)C.Nc1c(-c2ccncc2)cccc1[N+](=O)[O-].Nc1cccc(-c2ccncc2)c1N.Nc1ccccc1Br.O=[N+]([O-])O.[HH]. The van der Waals surface area contributed by atoms with E-state index in [0.717, 1.165) is 37.9 Å². The van der Waals surface area contributed by atoms with Crippen LogP contribution in [0.5, 0.6) is 0 Å². The number of nitrogens with two attached hydrogens (primary N) is 4. The molecule has 0 unspecified atom stereocenters. The number of rotatable bonds is 11. The van der Waals surface area contributed by atoms with Crippen LogP contribution in [0.15, 0.2) is 204 Å². The van der Waals surface area contributed by atoms with Gasteiger partial charge in [0.05, 0.1) is 42.9 Å². The van der Waals surface area contributed by atoms with Gasteiger partial charge >= 0.3 is 19.1 Å². The zero-order valence-corrected chi connectivity index (χ0v) is 56.9. The van der Waals surface area contributed by atoms with Gasteiger partial charge in [-0.15, -0.1) is 10.1 Å². The number of nitro benzene ring substituents is 3. The molecule has 10 rings (SSSR count). The molecule has 0 spiro atoms. The molecule has 0 aliphatic carbocycles. The number of anilines is 4. The molecule has 98 heavy (non-hydrogen) atoms. The zero-order valence-electron chi connectivity index (χ0n) is 53.7. The Morgan fingerprint density at radius 1 is 0.480 bits per heavy atom. The van der Waals surface area contributed by atoms with Crippen molar-refractivity contribution in [1.29, 1.82) is 0 Å². The summed E-state index contributed by atoms with van der Waals surface area (Å²) >= 11 is 6.46. The van der Waals surface area contributed by atoms with E-state index >= 15 is 0 Å². The Morgan fingerprint density at radius 3 is 1.18 bits per heavy atom. The number of ether oxygens (including phenoxy) is 1. The van der Waals surface area contributed by atoms with Crippen molar-refractivity contribution in [2.75, 3.05) is 22.9 Å². The molecule has 1 aliphatic heterocycles. The number of hydrogen-bond acceptors (Lipinski definition) is 23. The largest absolute Gasteiger partial charge is 0.494 e. The number of ketones is 2. The second-order valence-corrected chi connectivity index (χ2v) is 22.7. The second kappa shape index (κ2) is 40.9. The molecular weight excluding hydrogens is 1400 g/mol. The normalized spacial score (nSPS) is 11.5. The maximum atomic E-state index is 11.3. The number of pyridine rings is 4. The number of esters is 2. The molecule has 9 N–H and O–H groups in total. The third-order valence-electron chi connectivity index (χ3n) is 13.3. The molecule has 5 heterocycles. The number of carbonyl (C=O) groups excluding carboxylic acids is 4. The van der Waals surface area contributed by atoms with Gasteiger partial charge in [0.2, 0.25) is 0 Å². The van der Waals surface area contributed by atoms with E-state index in [1.165, 1.54) is 45.9 Å². The molecule has 1 fully saturated rings. The number of nitrogen functional groups attached to an aromatic ring is 4. The lowest BCUT2D eigenvalue weighted by molar-refractivity contribution is -0.742. The lowest BCUT2D eigenvalue weighted by Gasteiger charge is -2.32. The Labute approximate surface area is 583 Å². The number of halogens is 2. The number of carbonyl (C=O) groups is 4. The van der Waals surface area contributed by atoms with E-state index in [1.807, 2.05) is 88.4 Å². The highest BCUT2D eigenvalue weighted by atomic mass is 79.9. The summed E-state index contributed by atoms with van der Waals surface area (Å²) in [7, 11) is -0.280. The predicted octanol–water partition coefficient (Wildman–Crippen LogP) is 13.5. The van der Waals surface area contributed by atoms with Crippen LogP contribution in [0.25, 0.3) is 33.4 Å². The number of nitrogens with zero attached hydrogens (tertiary/aromatic N) is 8. The first-order valence-electron chi connectivity index (χ1n) is 28.5. The molecular formula is C67H75BBr2N12O16. The minimum Gasteiger partial charge on any atom is -0.399 e. The van der Waals surface area contributed by atoms with E-state index < -0.39 is 31.8 Å². The highest BCUT2D eigenvalue weighted by Crippen LogP contribution is 2.37. The van der Waals surface area contributed by atoms with Gasteiger partial charge in [-0.1, -0.05) is 78.0 Å². The van der Waals surface area contributed by atoms with Crippen LogP contribution in [0.3, 0.4) is 0 Å².